The maximum absolute atomic E-state index is 3.47. The quantitative estimate of drug-likeness (QED) is 0.744. The van der Waals surface area contributed by atoms with Crippen molar-refractivity contribution in [1.82, 2.24) is 9.88 Å². The molecule has 22 heavy (non-hydrogen) atoms. The van der Waals surface area contributed by atoms with E-state index in [0.29, 0.717) is 5.92 Å². The highest BCUT2D eigenvalue weighted by atomic mass is 14.9. The average molecular weight is 290 g/mol. The molecule has 0 spiro atoms. The van der Waals surface area contributed by atoms with E-state index in [-0.39, 0.29) is 0 Å². The minimum absolute atomic E-state index is 0.691. The van der Waals surface area contributed by atoms with E-state index in [1.165, 1.54) is 40.4 Å². The van der Waals surface area contributed by atoms with Crippen LogP contribution in [-0.4, -0.2) is 17.7 Å². The minimum Gasteiger partial charge on any atom is -0.350 e. The first-order chi connectivity index (χ1) is 10.8. The summed E-state index contributed by atoms with van der Waals surface area (Å²) in [5.74, 6) is 0.691. The minimum atomic E-state index is 0.691. The van der Waals surface area contributed by atoms with Gasteiger partial charge < -0.3 is 9.88 Å². The molecular formula is C20H22N2. The fraction of sp³-hybridized carbons (Fsp3) is 0.300. The number of nitrogens with zero attached hydrogens (tertiary/aromatic N) is 1. The monoisotopic (exact) mass is 290 g/mol. The molecule has 1 aromatic heterocycles. The van der Waals surface area contributed by atoms with Gasteiger partial charge in [0, 0.05) is 24.1 Å². The number of rotatable bonds is 2. The Kier molecular flexibility index (Phi) is 3.47. The van der Waals surface area contributed by atoms with Gasteiger partial charge in [0.05, 0.1) is 0 Å². The second-order valence-corrected chi connectivity index (χ2v) is 6.32. The predicted octanol–water partition coefficient (Wildman–Crippen LogP) is 4.31. The van der Waals surface area contributed by atoms with Crippen LogP contribution in [0.15, 0.2) is 54.7 Å². The molecular weight excluding hydrogens is 268 g/mol. The normalized spacial score (nSPS) is 16.2. The van der Waals surface area contributed by atoms with Gasteiger partial charge in [-0.15, -0.1) is 0 Å². The highest BCUT2D eigenvalue weighted by Crippen LogP contribution is 2.34. The molecule has 112 valence electrons. The van der Waals surface area contributed by atoms with Crippen LogP contribution in [-0.2, 0) is 7.05 Å². The molecule has 1 fully saturated rings. The van der Waals surface area contributed by atoms with E-state index in [1.54, 1.807) is 0 Å². The van der Waals surface area contributed by atoms with Crippen molar-refractivity contribution in [3.8, 4) is 11.1 Å². The maximum atomic E-state index is 3.47. The molecule has 2 heteroatoms. The second kappa shape index (κ2) is 5.62. The van der Waals surface area contributed by atoms with Crippen LogP contribution in [0.25, 0.3) is 22.0 Å². The first-order valence-electron chi connectivity index (χ1n) is 8.18. The molecule has 0 amide bonds. The van der Waals surface area contributed by atoms with Crippen LogP contribution in [0.5, 0.6) is 0 Å². The van der Waals surface area contributed by atoms with Gasteiger partial charge in [0.15, 0.2) is 0 Å². The summed E-state index contributed by atoms with van der Waals surface area (Å²) < 4.78 is 2.28. The van der Waals surface area contributed by atoms with Gasteiger partial charge in [-0.05, 0) is 60.7 Å². The molecule has 2 nitrogen and oxygen atoms in total. The van der Waals surface area contributed by atoms with Gasteiger partial charge in [-0.2, -0.15) is 0 Å². The van der Waals surface area contributed by atoms with Crippen molar-refractivity contribution in [2.45, 2.75) is 18.8 Å². The Balaban J connectivity index is 1.83. The lowest BCUT2D eigenvalue weighted by molar-refractivity contribution is 0.462. The molecule has 1 aliphatic rings. The second-order valence-electron chi connectivity index (χ2n) is 6.32. The number of aryl methyl sites for hydroxylation is 1. The van der Waals surface area contributed by atoms with Crippen molar-refractivity contribution in [3.63, 3.8) is 0 Å². The third kappa shape index (κ3) is 2.34. The molecule has 0 aliphatic carbocycles. The molecule has 0 saturated carbocycles. The first kappa shape index (κ1) is 13.6. The topological polar surface area (TPSA) is 17.0 Å². The lowest BCUT2D eigenvalue weighted by atomic mass is 9.89. The summed E-state index contributed by atoms with van der Waals surface area (Å²) in [6.07, 6.45) is 4.83. The molecule has 1 aliphatic heterocycles. The Labute approximate surface area is 131 Å². The van der Waals surface area contributed by atoms with Gasteiger partial charge in [0.1, 0.15) is 0 Å². The summed E-state index contributed by atoms with van der Waals surface area (Å²) in [4.78, 5) is 0. The molecule has 1 N–H and O–H groups in total. The van der Waals surface area contributed by atoms with Crippen LogP contribution >= 0.6 is 0 Å². The summed E-state index contributed by atoms with van der Waals surface area (Å²) in [6.45, 7) is 2.28. The van der Waals surface area contributed by atoms with Crippen LogP contribution in [0.1, 0.15) is 24.3 Å². The summed E-state index contributed by atoms with van der Waals surface area (Å²) in [5.41, 5.74) is 5.48. The van der Waals surface area contributed by atoms with Crippen molar-refractivity contribution in [3.05, 3.63) is 60.3 Å². The fourth-order valence-electron chi connectivity index (χ4n) is 3.69. The number of hydrogen-bond acceptors (Lipinski definition) is 1. The molecule has 4 rings (SSSR count). The van der Waals surface area contributed by atoms with E-state index in [2.05, 4.69) is 71.7 Å². The highest BCUT2D eigenvalue weighted by Gasteiger charge is 2.19. The van der Waals surface area contributed by atoms with E-state index in [0.717, 1.165) is 13.1 Å². The Morgan fingerprint density at radius 1 is 0.955 bits per heavy atom. The van der Waals surface area contributed by atoms with Gasteiger partial charge in [-0.3, -0.25) is 0 Å². The van der Waals surface area contributed by atoms with Gasteiger partial charge in [0.2, 0.25) is 0 Å². The summed E-state index contributed by atoms with van der Waals surface area (Å²) in [6, 6.07) is 17.6. The van der Waals surface area contributed by atoms with Gasteiger partial charge in [-0.25, -0.2) is 0 Å². The van der Waals surface area contributed by atoms with E-state index in [4.69, 9.17) is 0 Å². The standard InChI is InChI=1S/C20H22N2/c1-22-14-19(16-9-11-21-12-10-16)18-13-17(7-8-20(18)22)15-5-3-2-4-6-15/h2-8,13-14,16,21H,9-12H2,1H3. The highest BCUT2D eigenvalue weighted by molar-refractivity contribution is 5.89. The van der Waals surface area contributed by atoms with E-state index in [9.17, 15) is 0 Å². The van der Waals surface area contributed by atoms with Crippen LogP contribution in [0.4, 0.5) is 0 Å². The summed E-state index contributed by atoms with van der Waals surface area (Å²) >= 11 is 0. The van der Waals surface area contributed by atoms with Crippen molar-refractivity contribution in [1.29, 1.82) is 0 Å². The predicted molar refractivity (Wildman–Crippen MR) is 93.2 cm³/mol. The summed E-state index contributed by atoms with van der Waals surface area (Å²) in [7, 11) is 2.16. The Morgan fingerprint density at radius 2 is 1.73 bits per heavy atom. The number of piperidine rings is 1. The van der Waals surface area contributed by atoms with E-state index in [1.807, 2.05) is 0 Å². The molecule has 3 aromatic rings. The summed E-state index contributed by atoms with van der Waals surface area (Å²) in [5, 5.41) is 4.90. The zero-order valence-corrected chi connectivity index (χ0v) is 13.0. The Bertz CT molecular complexity index is 780. The number of fused-ring (bicyclic) bond motifs is 1. The number of benzene rings is 2. The third-order valence-electron chi connectivity index (χ3n) is 4.91. The smallest absolute Gasteiger partial charge is 0.0481 e. The molecule has 2 aromatic carbocycles. The zero-order chi connectivity index (χ0) is 14.9. The van der Waals surface area contributed by atoms with Crippen LogP contribution in [0.2, 0.25) is 0 Å². The third-order valence-corrected chi connectivity index (χ3v) is 4.91. The first-order valence-corrected chi connectivity index (χ1v) is 8.18. The van der Waals surface area contributed by atoms with Crippen LogP contribution in [0, 0.1) is 0 Å². The molecule has 0 radical (unpaired) electrons. The van der Waals surface area contributed by atoms with Crippen molar-refractivity contribution < 1.29 is 0 Å². The molecule has 0 bridgehead atoms. The van der Waals surface area contributed by atoms with Gasteiger partial charge >= 0.3 is 0 Å². The molecule has 2 heterocycles. The Hall–Kier alpha value is -2.06. The number of nitrogens with one attached hydrogen (secondary N) is 1. The number of aromatic nitrogens is 1. The van der Waals surface area contributed by atoms with E-state index >= 15 is 0 Å². The molecule has 1 saturated heterocycles. The Morgan fingerprint density at radius 3 is 2.50 bits per heavy atom. The average Bonchev–Trinajstić information content (AvgIpc) is 2.93. The molecule has 0 unspecified atom stereocenters. The van der Waals surface area contributed by atoms with Crippen molar-refractivity contribution >= 4 is 10.9 Å². The van der Waals surface area contributed by atoms with Crippen molar-refractivity contribution in [2.75, 3.05) is 13.1 Å². The molecule has 0 atom stereocenters. The SMILES string of the molecule is Cn1cc(C2CCNCC2)c2cc(-c3ccccc3)ccc21. The zero-order valence-electron chi connectivity index (χ0n) is 13.0. The lowest BCUT2D eigenvalue weighted by Crippen LogP contribution is -2.26. The van der Waals surface area contributed by atoms with Crippen LogP contribution in [0.3, 0.4) is 0 Å². The van der Waals surface area contributed by atoms with Gasteiger partial charge in [0.25, 0.3) is 0 Å². The largest absolute Gasteiger partial charge is 0.350 e. The number of hydrogen-bond donors (Lipinski definition) is 1. The maximum Gasteiger partial charge on any atom is 0.0481 e. The van der Waals surface area contributed by atoms with Crippen LogP contribution < -0.4 is 5.32 Å². The van der Waals surface area contributed by atoms with Gasteiger partial charge in [-0.1, -0.05) is 36.4 Å². The lowest BCUT2D eigenvalue weighted by Gasteiger charge is -2.22. The fourth-order valence-corrected chi connectivity index (χ4v) is 3.69. The van der Waals surface area contributed by atoms with Crippen molar-refractivity contribution in [2.24, 2.45) is 7.05 Å². The van der Waals surface area contributed by atoms with E-state index < -0.39 is 0 Å².